The Kier molecular flexibility index (Phi) is 6.94. The van der Waals surface area contributed by atoms with E-state index in [1.807, 2.05) is 31.2 Å². The standard InChI is InChI=1S/C21H26FN3O3/c1-2-27-19-4-3-5-20(16-19)28-15-10-23-21(26)25-13-11-24(12-14-25)18-8-6-17(22)7-9-18/h3-9,16H,2,10-15H2,1H3,(H,23,26). The van der Waals surface area contributed by atoms with Crippen molar-refractivity contribution in [2.75, 3.05) is 50.8 Å². The fourth-order valence-electron chi connectivity index (χ4n) is 3.08. The summed E-state index contributed by atoms with van der Waals surface area (Å²) in [5.41, 5.74) is 0.976. The van der Waals surface area contributed by atoms with E-state index in [0.717, 1.165) is 24.5 Å². The first-order valence-electron chi connectivity index (χ1n) is 9.54. The average Bonchev–Trinajstić information content (AvgIpc) is 2.72. The van der Waals surface area contributed by atoms with Gasteiger partial charge in [0, 0.05) is 37.9 Å². The maximum Gasteiger partial charge on any atom is 0.317 e. The molecule has 1 N–H and O–H groups in total. The van der Waals surface area contributed by atoms with Gasteiger partial charge in [-0.05, 0) is 43.3 Å². The van der Waals surface area contributed by atoms with E-state index in [1.54, 1.807) is 17.0 Å². The second-order valence-corrected chi connectivity index (χ2v) is 6.44. The predicted octanol–water partition coefficient (Wildman–Crippen LogP) is 3.14. The molecule has 1 saturated heterocycles. The number of nitrogens with zero attached hydrogens (tertiary/aromatic N) is 2. The number of ether oxygens (including phenoxy) is 2. The number of anilines is 1. The summed E-state index contributed by atoms with van der Waals surface area (Å²) in [6, 6.07) is 13.8. The molecule has 3 rings (SSSR count). The van der Waals surface area contributed by atoms with E-state index in [0.29, 0.717) is 38.6 Å². The number of hydrogen-bond donors (Lipinski definition) is 1. The van der Waals surface area contributed by atoms with E-state index in [9.17, 15) is 9.18 Å². The second-order valence-electron chi connectivity index (χ2n) is 6.44. The van der Waals surface area contributed by atoms with Crippen LogP contribution in [-0.2, 0) is 0 Å². The zero-order valence-corrected chi connectivity index (χ0v) is 16.1. The molecule has 0 unspecified atom stereocenters. The summed E-state index contributed by atoms with van der Waals surface area (Å²) in [4.78, 5) is 16.2. The largest absolute Gasteiger partial charge is 0.494 e. The smallest absolute Gasteiger partial charge is 0.317 e. The lowest BCUT2D eigenvalue weighted by Gasteiger charge is -2.36. The number of rotatable bonds is 7. The normalized spacial score (nSPS) is 13.9. The number of carbonyl (C=O) groups excluding carboxylic acids is 1. The van der Waals surface area contributed by atoms with Crippen LogP contribution in [0.4, 0.5) is 14.9 Å². The van der Waals surface area contributed by atoms with Gasteiger partial charge in [0.1, 0.15) is 23.9 Å². The first-order chi connectivity index (χ1) is 13.7. The van der Waals surface area contributed by atoms with Gasteiger partial charge in [0.25, 0.3) is 0 Å². The first-order valence-corrected chi connectivity index (χ1v) is 9.54. The molecular weight excluding hydrogens is 361 g/mol. The highest BCUT2D eigenvalue weighted by Gasteiger charge is 2.21. The molecule has 2 aromatic carbocycles. The Balaban J connectivity index is 1.36. The molecule has 2 aromatic rings. The Bertz CT molecular complexity index is 762. The monoisotopic (exact) mass is 387 g/mol. The Labute approximate surface area is 164 Å². The van der Waals surface area contributed by atoms with Crippen molar-refractivity contribution in [3.8, 4) is 11.5 Å². The van der Waals surface area contributed by atoms with Gasteiger partial charge in [-0.25, -0.2) is 9.18 Å². The average molecular weight is 387 g/mol. The summed E-state index contributed by atoms with van der Waals surface area (Å²) in [5, 5.41) is 2.89. The van der Waals surface area contributed by atoms with Crippen LogP contribution in [0.5, 0.6) is 11.5 Å². The molecule has 0 radical (unpaired) electrons. The summed E-state index contributed by atoms with van der Waals surface area (Å²) in [7, 11) is 0. The van der Waals surface area contributed by atoms with Crippen LogP contribution in [0, 0.1) is 5.82 Å². The minimum absolute atomic E-state index is 0.0922. The number of piperazine rings is 1. The molecule has 0 spiro atoms. The molecule has 150 valence electrons. The molecule has 0 aromatic heterocycles. The van der Waals surface area contributed by atoms with Crippen LogP contribution in [0.3, 0.4) is 0 Å². The van der Waals surface area contributed by atoms with Gasteiger partial charge in [-0.1, -0.05) is 6.07 Å². The van der Waals surface area contributed by atoms with Crippen molar-refractivity contribution in [2.24, 2.45) is 0 Å². The summed E-state index contributed by atoms with van der Waals surface area (Å²) in [6.07, 6.45) is 0. The highest BCUT2D eigenvalue weighted by molar-refractivity contribution is 5.74. The maximum atomic E-state index is 13.0. The lowest BCUT2D eigenvalue weighted by Crippen LogP contribution is -2.52. The molecule has 1 fully saturated rings. The molecule has 0 aliphatic carbocycles. The molecule has 0 saturated carbocycles. The molecule has 2 amide bonds. The first kappa shape index (κ1) is 19.8. The topological polar surface area (TPSA) is 54.0 Å². The molecular formula is C21H26FN3O3. The number of halogens is 1. The van der Waals surface area contributed by atoms with Crippen molar-refractivity contribution in [1.29, 1.82) is 0 Å². The maximum absolute atomic E-state index is 13.0. The van der Waals surface area contributed by atoms with Gasteiger partial charge in [-0.3, -0.25) is 0 Å². The van der Waals surface area contributed by atoms with Crippen molar-refractivity contribution in [1.82, 2.24) is 10.2 Å². The van der Waals surface area contributed by atoms with Gasteiger partial charge < -0.3 is 24.6 Å². The molecule has 1 heterocycles. The Morgan fingerprint density at radius 3 is 2.39 bits per heavy atom. The van der Waals surface area contributed by atoms with Gasteiger partial charge in [0.2, 0.25) is 0 Å². The number of nitrogens with one attached hydrogen (secondary N) is 1. The van der Waals surface area contributed by atoms with Crippen LogP contribution in [-0.4, -0.2) is 56.9 Å². The number of benzene rings is 2. The van der Waals surface area contributed by atoms with Crippen LogP contribution in [0.2, 0.25) is 0 Å². The molecule has 0 atom stereocenters. The summed E-state index contributed by atoms with van der Waals surface area (Å²) >= 11 is 0. The number of urea groups is 1. The molecule has 6 nitrogen and oxygen atoms in total. The van der Waals surface area contributed by atoms with Gasteiger partial charge in [-0.15, -0.1) is 0 Å². The van der Waals surface area contributed by atoms with Crippen LogP contribution < -0.4 is 19.7 Å². The summed E-state index contributed by atoms with van der Waals surface area (Å²) in [6.45, 7) is 6.05. The summed E-state index contributed by atoms with van der Waals surface area (Å²) in [5.74, 6) is 1.24. The zero-order valence-electron chi connectivity index (χ0n) is 16.1. The number of amides is 2. The van der Waals surface area contributed by atoms with Crippen LogP contribution in [0.15, 0.2) is 48.5 Å². The second kappa shape index (κ2) is 9.82. The molecule has 1 aliphatic rings. The van der Waals surface area contributed by atoms with Crippen molar-refractivity contribution >= 4 is 11.7 Å². The fourth-order valence-corrected chi connectivity index (χ4v) is 3.08. The molecule has 1 aliphatic heterocycles. The van der Waals surface area contributed by atoms with Crippen molar-refractivity contribution < 1.29 is 18.7 Å². The fraction of sp³-hybridized carbons (Fsp3) is 0.381. The predicted molar refractivity (Wildman–Crippen MR) is 107 cm³/mol. The Hall–Kier alpha value is -2.96. The van der Waals surface area contributed by atoms with Crippen molar-refractivity contribution in [3.63, 3.8) is 0 Å². The van der Waals surface area contributed by atoms with Crippen LogP contribution in [0.25, 0.3) is 0 Å². The Morgan fingerprint density at radius 2 is 1.71 bits per heavy atom. The lowest BCUT2D eigenvalue weighted by atomic mass is 10.2. The van der Waals surface area contributed by atoms with Crippen LogP contribution in [0.1, 0.15) is 6.92 Å². The molecule has 0 bridgehead atoms. The third-order valence-corrected chi connectivity index (χ3v) is 4.52. The third-order valence-electron chi connectivity index (χ3n) is 4.52. The van der Waals surface area contributed by atoms with Crippen molar-refractivity contribution in [2.45, 2.75) is 6.92 Å². The molecule has 7 heteroatoms. The zero-order chi connectivity index (χ0) is 19.8. The van der Waals surface area contributed by atoms with E-state index in [2.05, 4.69) is 10.2 Å². The van der Waals surface area contributed by atoms with Gasteiger partial charge in [0.15, 0.2) is 0 Å². The lowest BCUT2D eigenvalue weighted by molar-refractivity contribution is 0.191. The minimum atomic E-state index is -0.242. The Morgan fingerprint density at radius 1 is 1.04 bits per heavy atom. The van der Waals surface area contributed by atoms with Crippen LogP contribution >= 0.6 is 0 Å². The summed E-state index contributed by atoms with van der Waals surface area (Å²) < 4.78 is 24.1. The van der Waals surface area contributed by atoms with E-state index in [4.69, 9.17) is 9.47 Å². The SMILES string of the molecule is CCOc1cccc(OCCNC(=O)N2CCN(c3ccc(F)cc3)CC2)c1. The van der Waals surface area contributed by atoms with E-state index in [-0.39, 0.29) is 11.8 Å². The van der Waals surface area contributed by atoms with E-state index in [1.165, 1.54) is 12.1 Å². The van der Waals surface area contributed by atoms with Crippen molar-refractivity contribution in [3.05, 3.63) is 54.3 Å². The van der Waals surface area contributed by atoms with E-state index >= 15 is 0 Å². The van der Waals surface area contributed by atoms with E-state index < -0.39 is 0 Å². The number of carbonyl (C=O) groups is 1. The highest BCUT2D eigenvalue weighted by Crippen LogP contribution is 2.19. The quantitative estimate of drug-likeness (QED) is 0.742. The minimum Gasteiger partial charge on any atom is -0.494 e. The third kappa shape index (κ3) is 5.52. The van der Waals surface area contributed by atoms with Gasteiger partial charge >= 0.3 is 6.03 Å². The number of hydrogen-bond acceptors (Lipinski definition) is 4. The highest BCUT2D eigenvalue weighted by atomic mass is 19.1. The van der Waals surface area contributed by atoms with Gasteiger partial charge in [0.05, 0.1) is 13.2 Å². The molecule has 28 heavy (non-hydrogen) atoms. The van der Waals surface area contributed by atoms with Gasteiger partial charge in [-0.2, -0.15) is 0 Å².